The van der Waals surface area contributed by atoms with Gasteiger partial charge in [0.25, 0.3) is 0 Å². The van der Waals surface area contributed by atoms with E-state index in [1.807, 2.05) is 4.90 Å². The fourth-order valence-corrected chi connectivity index (χ4v) is 4.82. The second kappa shape index (κ2) is 14.5. The number of amides is 2. The largest absolute Gasteiger partial charge is 0.499 e. The Morgan fingerprint density at radius 2 is 1.77 bits per heavy atom. The molecule has 2 aromatic carbocycles. The SMILES string of the molecule is C=CC(=O)Nc1cccc(Nc2nc(Nc3ccc(N4CCN(C(=O)OC(C)(C)C)[C@H](C(=C)OC)C4)cc3OC)ncc2C(F)(F)F)c1. The second-order valence-electron chi connectivity index (χ2n) is 11.7. The van der Waals surface area contributed by atoms with Crippen LogP contribution in [0, 0.1) is 0 Å². The Bertz CT molecular complexity index is 1680. The quantitative estimate of drug-likeness (QED) is 0.158. The van der Waals surface area contributed by atoms with Gasteiger partial charge < -0.3 is 35.1 Å². The summed E-state index contributed by atoms with van der Waals surface area (Å²) in [5.74, 6) is -0.342. The Balaban J connectivity index is 1.57. The van der Waals surface area contributed by atoms with Crippen LogP contribution in [0.1, 0.15) is 26.3 Å². The molecule has 48 heavy (non-hydrogen) atoms. The van der Waals surface area contributed by atoms with Crippen LogP contribution in [0.4, 0.5) is 52.5 Å². The van der Waals surface area contributed by atoms with E-state index in [0.717, 1.165) is 11.8 Å². The lowest BCUT2D eigenvalue weighted by molar-refractivity contribution is -0.137. The molecule has 1 aliphatic heterocycles. The van der Waals surface area contributed by atoms with Crippen LogP contribution in [0.15, 0.2) is 73.7 Å². The first-order valence-electron chi connectivity index (χ1n) is 14.8. The van der Waals surface area contributed by atoms with Crippen molar-refractivity contribution in [2.45, 2.75) is 38.6 Å². The predicted octanol–water partition coefficient (Wildman–Crippen LogP) is 6.70. The zero-order valence-corrected chi connectivity index (χ0v) is 27.3. The van der Waals surface area contributed by atoms with Gasteiger partial charge in [-0.25, -0.2) is 9.78 Å². The molecule has 1 saturated heterocycles. The summed E-state index contributed by atoms with van der Waals surface area (Å²) in [6.07, 6.45) is -3.48. The summed E-state index contributed by atoms with van der Waals surface area (Å²) >= 11 is 0. The molecular weight excluding hydrogens is 631 g/mol. The van der Waals surface area contributed by atoms with Crippen molar-refractivity contribution in [1.29, 1.82) is 0 Å². The number of nitrogens with zero attached hydrogens (tertiary/aromatic N) is 4. The van der Waals surface area contributed by atoms with Crippen molar-refractivity contribution < 1.29 is 37.0 Å². The number of nitrogens with one attached hydrogen (secondary N) is 3. The Morgan fingerprint density at radius 3 is 2.42 bits per heavy atom. The highest BCUT2D eigenvalue weighted by molar-refractivity contribution is 5.99. The van der Waals surface area contributed by atoms with Crippen molar-refractivity contribution in [2.24, 2.45) is 0 Å². The molecule has 2 amide bonds. The van der Waals surface area contributed by atoms with Crippen LogP contribution in [0.5, 0.6) is 5.75 Å². The van der Waals surface area contributed by atoms with Gasteiger partial charge in [0.2, 0.25) is 11.9 Å². The molecule has 2 heterocycles. The van der Waals surface area contributed by atoms with Crippen molar-refractivity contribution >= 4 is 46.5 Å². The third kappa shape index (κ3) is 8.86. The molecule has 1 aromatic heterocycles. The summed E-state index contributed by atoms with van der Waals surface area (Å²) in [4.78, 5) is 36.3. The lowest BCUT2D eigenvalue weighted by atomic mass is 10.1. The molecule has 0 unspecified atom stereocenters. The minimum absolute atomic E-state index is 0.130. The van der Waals surface area contributed by atoms with Gasteiger partial charge in [0.05, 0.1) is 19.9 Å². The molecule has 15 heteroatoms. The summed E-state index contributed by atoms with van der Waals surface area (Å²) in [7, 11) is 2.95. The molecule has 3 N–H and O–H groups in total. The van der Waals surface area contributed by atoms with Crippen LogP contribution in [-0.4, -0.2) is 72.4 Å². The minimum Gasteiger partial charge on any atom is -0.499 e. The molecule has 0 bridgehead atoms. The normalized spacial score (nSPS) is 14.9. The smallest absolute Gasteiger partial charge is 0.421 e. The molecule has 0 aliphatic carbocycles. The number of anilines is 6. The summed E-state index contributed by atoms with van der Waals surface area (Å²) in [5.41, 5.74) is -0.0175. The Hall–Kier alpha value is -5.47. The fourth-order valence-electron chi connectivity index (χ4n) is 4.82. The van der Waals surface area contributed by atoms with Crippen LogP contribution in [0.2, 0.25) is 0 Å². The van der Waals surface area contributed by atoms with Crippen LogP contribution < -0.4 is 25.6 Å². The molecule has 0 radical (unpaired) electrons. The molecular formula is C33H38F3N7O5. The van der Waals surface area contributed by atoms with Gasteiger partial charge in [-0.1, -0.05) is 19.2 Å². The van der Waals surface area contributed by atoms with Gasteiger partial charge in [-0.3, -0.25) is 9.69 Å². The van der Waals surface area contributed by atoms with Gasteiger partial charge >= 0.3 is 12.3 Å². The maximum atomic E-state index is 13.9. The highest BCUT2D eigenvalue weighted by Crippen LogP contribution is 2.37. The molecule has 3 aromatic rings. The number of hydrogen-bond acceptors (Lipinski definition) is 10. The van der Waals surface area contributed by atoms with E-state index in [0.29, 0.717) is 48.7 Å². The Labute approximate surface area is 276 Å². The summed E-state index contributed by atoms with van der Waals surface area (Å²) in [5, 5.41) is 8.18. The van der Waals surface area contributed by atoms with Crippen LogP contribution in [0.3, 0.4) is 0 Å². The number of aromatic nitrogens is 2. The molecule has 0 saturated carbocycles. The maximum absolute atomic E-state index is 13.9. The number of rotatable bonds is 10. The first kappa shape index (κ1) is 35.4. The Kier molecular flexibility index (Phi) is 10.7. The monoisotopic (exact) mass is 669 g/mol. The van der Waals surface area contributed by atoms with E-state index in [1.165, 1.54) is 26.4 Å². The maximum Gasteiger partial charge on any atom is 0.421 e. The lowest BCUT2D eigenvalue weighted by Gasteiger charge is -2.42. The number of benzene rings is 2. The molecule has 1 atom stereocenters. The zero-order valence-electron chi connectivity index (χ0n) is 27.3. The van der Waals surface area contributed by atoms with E-state index >= 15 is 0 Å². The average Bonchev–Trinajstić information content (AvgIpc) is 3.03. The fraction of sp³-hybridized carbons (Fsp3) is 0.333. The standard InChI is InChI=1S/C33H38F3N7O5/c1-8-28(44)38-21-10-9-11-22(16-21)39-29-24(33(34,35)36)18-37-30(41-29)40-25-13-12-23(17-27(25)47-7)42-14-15-43(26(19-42)20(2)46-6)31(45)48-32(3,4)5/h8-13,16-18,26H,1-2,14-15,19H2,3-7H3,(H,38,44)(H2,37,39,40,41)/t26-/m0/s1. The highest BCUT2D eigenvalue weighted by Gasteiger charge is 2.37. The number of alkyl halides is 3. The first-order chi connectivity index (χ1) is 22.6. The third-order valence-electron chi connectivity index (χ3n) is 7.11. The predicted molar refractivity (Wildman–Crippen MR) is 177 cm³/mol. The number of ether oxygens (including phenoxy) is 3. The number of carbonyl (C=O) groups is 2. The second-order valence-corrected chi connectivity index (χ2v) is 11.7. The van der Waals surface area contributed by atoms with Crippen molar-refractivity contribution in [2.75, 3.05) is 54.7 Å². The van der Waals surface area contributed by atoms with Crippen molar-refractivity contribution in [3.05, 3.63) is 79.2 Å². The topological polar surface area (TPSA) is 130 Å². The Morgan fingerprint density at radius 1 is 1.04 bits per heavy atom. The number of hydrogen-bond donors (Lipinski definition) is 3. The van der Waals surface area contributed by atoms with Crippen LogP contribution in [0.25, 0.3) is 0 Å². The number of halogens is 3. The van der Waals surface area contributed by atoms with Gasteiger partial charge in [0, 0.05) is 49.0 Å². The van der Waals surface area contributed by atoms with Crippen LogP contribution in [-0.2, 0) is 20.4 Å². The van der Waals surface area contributed by atoms with E-state index in [2.05, 4.69) is 39.1 Å². The third-order valence-corrected chi connectivity index (χ3v) is 7.11. The van der Waals surface area contributed by atoms with E-state index in [1.54, 1.807) is 56.0 Å². The summed E-state index contributed by atoms with van der Waals surface area (Å²) in [6.45, 7) is 13.9. The summed E-state index contributed by atoms with van der Waals surface area (Å²) < 4.78 is 58.3. The van der Waals surface area contributed by atoms with Crippen molar-refractivity contribution in [3.8, 4) is 5.75 Å². The van der Waals surface area contributed by atoms with E-state index in [9.17, 15) is 22.8 Å². The van der Waals surface area contributed by atoms with E-state index in [4.69, 9.17) is 14.2 Å². The zero-order chi connectivity index (χ0) is 35.2. The van der Waals surface area contributed by atoms with E-state index in [-0.39, 0.29) is 11.6 Å². The summed E-state index contributed by atoms with van der Waals surface area (Å²) in [6, 6.07) is 10.9. The highest BCUT2D eigenvalue weighted by atomic mass is 19.4. The van der Waals surface area contributed by atoms with Crippen molar-refractivity contribution in [1.82, 2.24) is 14.9 Å². The molecule has 256 valence electrons. The van der Waals surface area contributed by atoms with Crippen molar-refractivity contribution in [3.63, 3.8) is 0 Å². The first-order valence-corrected chi connectivity index (χ1v) is 14.8. The van der Waals surface area contributed by atoms with Gasteiger partial charge in [0.15, 0.2) is 0 Å². The molecule has 0 spiro atoms. The molecule has 12 nitrogen and oxygen atoms in total. The molecule has 1 aliphatic rings. The number of carbonyl (C=O) groups excluding carboxylic acids is 2. The van der Waals surface area contributed by atoms with Gasteiger partial charge in [-0.2, -0.15) is 18.2 Å². The number of methoxy groups -OCH3 is 2. The molecule has 1 fully saturated rings. The van der Waals surface area contributed by atoms with E-state index < -0.39 is 41.2 Å². The van der Waals surface area contributed by atoms with Gasteiger partial charge in [0.1, 0.15) is 34.5 Å². The van der Waals surface area contributed by atoms with Gasteiger partial charge in [-0.15, -0.1) is 0 Å². The van der Waals surface area contributed by atoms with Crippen LogP contribution >= 0.6 is 0 Å². The lowest BCUT2D eigenvalue weighted by Crippen LogP contribution is -2.57. The minimum atomic E-state index is -4.76. The number of piperazine rings is 1. The molecule has 4 rings (SSSR count). The average molecular weight is 670 g/mol. The van der Waals surface area contributed by atoms with Gasteiger partial charge in [-0.05, 0) is 57.2 Å².